The first-order valence-corrected chi connectivity index (χ1v) is 8.47. The second-order valence-electron chi connectivity index (χ2n) is 5.34. The molecule has 1 aromatic carbocycles. The van der Waals surface area contributed by atoms with Gasteiger partial charge in [0.25, 0.3) is 0 Å². The Balaban J connectivity index is 2.14. The number of aromatic amines is 1. The molecule has 0 aromatic heterocycles. The number of nitrogens with one attached hydrogen (secondary N) is 1. The van der Waals surface area contributed by atoms with Crippen molar-refractivity contribution in [3.05, 3.63) is 53.1 Å². The minimum atomic E-state index is -3.10. The third kappa shape index (κ3) is 1.95. The third-order valence-electron chi connectivity index (χ3n) is 3.93. The van der Waals surface area contributed by atoms with Crippen LogP contribution in [-0.2, 0) is 0 Å². The highest BCUT2D eigenvalue weighted by atomic mass is 32.3. The van der Waals surface area contributed by atoms with Crippen molar-refractivity contribution >= 4 is 16.7 Å². The lowest BCUT2D eigenvalue weighted by molar-refractivity contribution is 0.479. The van der Waals surface area contributed by atoms with Gasteiger partial charge in [-0.05, 0) is 35.9 Å². The van der Waals surface area contributed by atoms with Crippen LogP contribution in [0.2, 0.25) is 0 Å². The molecule has 0 spiro atoms. The van der Waals surface area contributed by atoms with Gasteiger partial charge in [-0.15, -0.1) is 10.6 Å². The number of nitrogens with zero attached hydrogens (tertiary/aromatic N) is 1. The average molecular weight is 324 g/mol. The lowest BCUT2D eigenvalue weighted by atomic mass is 9.97. The molecule has 4 rings (SSSR count). The van der Waals surface area contributed by atoms with Gasteiger partial charge in [-0.25, -0.2) is 0 Å². The van der Waals surface area contributed by atoms with E-state index >= 15 is 0 Å². The predicted molar refractivity (Wildman–Crippen MR) is 89.4 cm³/mol. The number of fused-ring (bicyclic) bond motifs is 2. The maximum atomic E-state index is 10.4. The Bertz CT molecular complexity index is 982. The summed E-state index contributed by atoms with van der Waals surface area (Å²) in [5, 5.41) is 20.7. The van der Waals surface area contributed by atoms with Gasteiger partial charge < -0.3 is 10.1 Å². The highest BCUT2D eigenvalue weighted by Crippen LogP contribution is 2.62. The number of rotatable bonds is 1. The van der Waals surface area contributed by atoms with Gasteiger partial charge in [0.15, 0.2) is 0 Å². The van der Waals surface area contributed by atoms with Crippen LogP contribution in [0.3, 0.4) is 0 Å². The number of hydrogen-bond donors (Lipinski definition) is 4. The van der Waals surface area contributed by atoms with Crippen LogP contribution in [-0.4, -0.2) is 19.2 Å². The Morgan fingerprint density at radius 3 is 2.70 bits per heavy atom. The zero-order chi connectivity index (χ0) is 16.2. The molecule has 0 atom stereocenters. The van der Waals surface area contributed by atoms with E-state index in [9.17, 15) is 14.2 Å². The molecule has 0 bridgehead atoms. The van der Waals surface area contributed by atoms with Crippen LogP contribution in [0.15, 0.2) is 46.7 Å². The van der Waals surface area contributed by atoms with Crippen LogP contribution in [0.5, 0.6) is 5.75 Å². The molecule has 2 aliphatic heterocycles. The largest absolute Gasteiger partial charge is 0.507 e. The molecule has 1 aromatic rings. The highest BCUT2D eigenvalue weighted by molar-refractivity contribution is 8.27. The van der Waals surface area contributed by atoms with Gasteiger partial charge in [0.05, 0.1) is 27.9 Å². The van der Waals surface area contributed by atoms with Crippen LogP contribution >= 0.6 is 10.6 Å². The zero-order valence-electron chi connectivity index (χ0n) is 11.8. The van der Waals surface area contributed by atoms with E-state index in [4.69, 9.17) is 5.26 Å². The van der Waals surface area contributed by atoms with Crippen molar-refractivity contribution < 1.29 is 14.2 Å². The van der Waals surface area contributed by atoms with Crippen molar-refractivity contribution in [3.63, 3.8) is 0 Å². The van der Waals surface area contributed by atoms with Crippen LogP contribution in [0, 0.1) is 11.3 Å². The van der Waals surface area contributed by atoms with Crippen molar-refractivity contribution in [2.75, 3.05) is 0 Å². The number of nitriles is 1. The topological polar surface area (TPSA) is 100 Å². The van der Waals surface area contributed by atoms with Crippen LogP contribution < -0.4 is 0 Å². The molecule has 5 nitrogen and oxygen atoms in total. The van der Waals surface area contributed by atoms with Gasteiger partial charge in [0, 0.05) is 16.5 Å². The van der Waals surface area contributed by atoms with Crippen LogP contribution in [0.4, 0.5) is 0 Å². The fraction of sp³-hybridized carbons (Fsp3) is 0. The summed E-state index contributed by atoms with van der Waals surface area (Å²) < 4.78 is 20.8. The molecular formula is C17H12N2O3S. The Kier molecular flexibility index (Phi) is 2.80. The quantitative estimate of drug-likeness (QED) is 0.531. The summed E-state index contributed by atoms with van der Waals surface area (Å²) >= 11 is 0. The normalized spacial score (nSPS) is 16.2. The number of aromatic hydroxyl groups is 1. The Hall–Kier alpha value is -2.72. The summed E-state index contributed by atoms with van der Waals surface area (Å²) in [6, 6.07) is 12.2. The fourth-order valence-electron chi connectivity index (χ4n) is 2.96. The number of hydrogen-bond acceptors (Lipinski definition) is 4. The number of pyridine rings is 1. The van der Waals surface area contributed by atoms with Crippen LogP contribution in [0.25, 0.3) is 28.5 Å². The van der Waals surface area contributed by atoms with E-state index in [1.807, 2.05) is 0 Å². The molecule has 0 unspecified atom stereocenters. The standard InChI is InChI=1S/C17H12N2O3S/c18-9-10-2-1-3-11(8-10)15-16-12(4-5-14(16)20)19-13-6-7-23(21,22)17(13)15/h1-8,19-22H. The summed E-state index contributed by atoms with van der Waals surface area (Å²) in [6.07, 6.45) is 1.63. The lowest BCUT2D eigenvalue weighted by Crippen LogP contribution is -2.01. The van der Waals surface area contributed by atoms with E-state index in [-0.39, 0.29) is 5.75 Å². The van der Waals surface area contributed by atoms with Gasteiger partial charge in [-0.2, -0.15) is 5.26 Å². The van der Waals surface area contributed by atoms with E-state index in [2.05, 4.69) is 11.1 Å². The van der Waals surface area contributed by atoms with E-state index in [0.29, 0.717) is 38.5 Å². The molecule has 0 amide bonds. The minimum absolute atomic E-state index is 0.0542. The zero-order valence-corrected chi connectivity index (χ0v) is 12.6. The summed E-state index contributed by atoms with van der Waals surface area (Å²) in [7, 11) is -3.10. The molecule has 0 fully saturated rings. The van der Waals surface area contributed by atoms with Gasteiger partial charge in [0.1, 0.15) is 5.75 Å². The maximum Gasteiger partial charge on any atom is 0.125 e. The van der Waals surface area contributed by atoms with Crippen molar-refractivity contribution in [1.82, 2.24) is 4.98 Å². The van der Waals surface area contributed by atoms with Crippen LogP contribution in [0.1, 0.15) is 11.3 Å². The first kappa shape index (κ1) is 13.9. The Morgan fingerprint density at radius 2 is 1.91 bits per heavy atom. The van der Waals surface area contributed by atoms with E-state index in [1.54, 1.807) is 42.5 Å². The lowest BCUT2D eigenvalue weighted by Gasteiger charge is -2.29. The van der Waals surface area contributed by atoms with Crippen molar-refractivity contribution in [2.45, 2.75) is 4.90 Å². The van der Waals surface area contributed by atoms with E-state index < -0.39 is 10.6 Å². The molecule has 6 heteroatoms. The maximum absolute atomic E-state index is 10.4. The van der Waals surface area contributed by atoms with Crippen molar-refractivity contribution in [1.29, 1.82) is 5.26 Å². The Morgan fingerprint density at radius 1 is 1.09 bits per heavy atom. The number of aromatic nitrogens is 1. The predicted octanol–water partition coefficient (Wildman–Crippen LogP) is 4.46. The second kappa shape index (κ2) is 4.64. The summed E-state index contributed by atoms with van der Waals surface area (Å²) in [5.74, 6) is 0.0542. The van der Waals surface area contributed by atoms with E-state index in [0.717, 1.165) is 0 Å². The first-order chi connectivity index (χ1) is 11.0. The third-order valence-corrected chi connectivity index (χ3v) is 5.47. The highest BCUT2D eigenvalue weighted by Gasteiger charge is 2.31. The number of benzene rings is 1. The van der Waals surface area contributed by atoms with Crippen molar-refractivity contribution in [3.8, 4) is 34.2 Å². The summed E-state index contributed by atoms with van der Waals surface area (Å²) in [4.78, 5) is 3.46. The summed E-state index contributed by atoms with van der Waals surface area (Å²) in [5.41, 5.74) is 3.47. The first-order valence-electron chi connectivity index (χ1n) is 6.86. The molecule has 4 N–H and O–H groups in total. The SMILES string of the molecule is N#Cc1cccc(-c2c3c(O)ccc-3[nH]c3c2S(O)(O)C=C3)c1. The molecule has 23 heavy (non-hydrogen) atoms. The van der Waals surface area contributed by atoms with E-state index in [1.165, 1.54) is 5.41 Å². The molecule has 3 aliphatic rings. The van der Waals surface area contributed by atoms with Gasteiger partial charge in [-0.1, -0.05) is 12.1 Å². The fourth-order valence-corrected chi connectivity index (χ4v) is 4.39. The molecule has 1 aliphatic carbocycles. The molecule has 2 heterocycles. The monoisotopic (exact) mass is 324 g/mol. The van der Waals surface area contributed by atoms with Gasteiger partial charge in [0.2, 0.25) is 0 Å². The minimum Gasteiger partial charge on any atom is -0.507 e. The molecule has 0 saturated carbocycles. The van der Waals surface area contributed by atoms with Gasteiger partial charge in [-0.3, -0.25) is 9.11 Å². The van der Waals surface area contributed by atoms with Gasteiger partial charge >= 0.3 is 0 Å². The average Bonchev–Trinajstić information content (AvgIpc) is 3.06. The smallest absolute Gasteiger partial charge is 0.125 e. The molecule has 114 valence electrons. The molecular weight excluding hydrogens is 312 g/mol. The molecule has 0 radical (unpaired) electrons. The summed E-state index contributed by atoms with van der Waals surface area (Å²) in [6.45, 7) is 0. The van der Waals surface area contributed by atoms with Crippen molar-refractivity contribution in [2.24, 2.45) is 0 Å². The number of H-pyrrole nitrogens is 1. The Labute approximate surface area is 133 Å². The second-order valence-corrected chi connectivity index (χ2v) is 7.20. The molecule has 0 saturated heterocycles.